The van der Waals surface area contributed by atoms with Crippen molar-refractivity contribution < 1.29 is 14.0 Å². The molecule has 110 valence electrons. The SMILES string of the molecule is Cn1ccc(NC(=O)C2CC(=O)N(Cc3ccco3)C2)n1. The molecule has 0 aliphatic carbocycles. The van der Waals surface area contributed by atoms with E-state index in [2.05, 4.69) is 10.4 Å². The molecule has 7 heteroatoms. The number of amides is 2. The highest BCUT2D eigenvalue weighted by Gasteiger charge is 2.34. The Hall–Kier alpha value is -2.57. The third-order valence-electron chi connectivity index (χ3n) is 3.48. The van der Waals surface area contributed by atoms with E-state index in [0.29, 0.717) is 24.7 Å². The molecule has 1 unspecified atom stereocenters. The van der Waals surface area contributed by atoms with Gasteiger partial charge in [0, 0.05) is 32.3 Å². The molecule has 7 nitrogen and oxygen atoms in total. The third-order valence-corrected chi connectivity index (χ3v) is 3.48. The Morgan fingerprint density at radius 2 is 2.38 bits per heavy atom. The van der Waals surface area contributed by atoms with Gasteiger partial charge in [-0.2, -0.15) is 5.10 Å². The third kappa shape index (κ3) is 2.96. The van der Waals surface area contributed by atoms with Gasteiger partial charge in [-0.3, -0.25) is 14.3 Å². The Balaban J connectivity index is 1.59. The van der Waals surface area contributed by atoms with Crippen LogP contribution in [0, 0.1) is 5.92 Å². The van der Waals surface area contributed by atoms with Crippen molar-refractivity contribution >= 4 is 17.6 Å². The van der Waals surface area contributed by atoms with E-state index in [4.69, 9.17) is 4.42 Å². The normalized spacial score (nSPS) is 18.2. The fourth-order valence-electron chi connectivity index (χ4n) is 2.40. The zero-order valence-corrected chi connectivity index (χ0v) is 11.7. The van der Waals surface area contributed by atoms with E-state index in [1.54, 1.807) is 41.2 Å². The maximum absolute atomic E-state index is 12.2. The summed E-state index contributed by atoms with van der Waals surface area (Å²) in [5, 5.41) is 6.82. The second-order valence-electron chi connectivity index (χ2n) is 5.12. The van der Waals surface area contributed by atoms with E-state index in [1.165, 1.54) is 0 Å². The van der Waals surface area contributed by atoms with Crippen molar-refractivity contribution in [2.45, 2.75) is 13.0 Å². The van der Waals surface area contributed by atoms with Crippen LogP contribution in [-0.2, 0) is 23.2 Å². The molecule has 3 heterocycles. The number of nitrogens with zero attached hydrogens (tertiary/aromatic N) is 3. The second-order valence-corrected chi connectivity index (χ2v) is 5.12. The quantitative estimate of drug-likeness (QED) is 0.910. The van der Waals surface area contributed by atoms with Crippen LogP contribution in [0.4, 0.5) is 5.82 Å². The van der Waals surface area contributed by atoms with Crippen LogP contribution < -0.4 is 5.32 Å². The Morgan fingerprint density at radius 1 is 1.52 bits per heavy atom. The van der Waals surface area contributed by atoms with E-state index in [9.17, 15) is 9.59 Å². The number of carbonyl (C=O) groups excluding carboxylic acids is 2. The molecular weight excluding hydrogens is 272 g/mol. The molecular formula is C14H16N4O3. The summed E-state index contributed by atoms with van der Waals surface area (Å²) in [6, 6.07) is 5.31. The van der Waals surface area contributed by atoms with Crippen LogP contribution in [0.3, 0.4) is 0 Å². The highest BCUT2D eigenvalue weighted by atomic mass is 16.3. The summed E-state index contributed by atoms with van der Waals surface area (Å²) in [5.41, 5.74) is 0. The Morgan fingerprint density at radius 3 is 3.05 bits per heavy atom. The van der Waals surface area contributed by atoms with Gasteiger partial charge in [-0.1, -0.05) is 0 Å². The van der Waals surface area contributed by atoms with Crippen LogP contribution >= 0.6 is 0 Å². The van der Waals surface area contributed by atoms with Gasteiger partial charge < -0.3 is 14.6 Å². The van der Waals surface area contributed by atoms with Crippen molar-refractivity contribution in [3.63, 3.8) is 0 Å². The molecule has 1 aliphatic rings. The van der Waals surface area contributed by atoms with Crippen molar-refractivity contribution in [2.24, 2.45) is 13.0 Å². The standard InChI is InChI=1S/C14H16N4O3/c1-17-5-4-12(16-17)15-14(20)10-7-13(19)18(8-10)9-11-3-2-6-21-11/h2-6,10H,7-9H2,1H3,(H,15,16,20). The summed E-state index contributed by atoms with van der Waals surface area (Å²) in [6.45, 7) is 0.803. The minimum Gasteiger partial charge on any atom is -0.467 e. The van der Waals surface area contributed by atoms with E-state index >= 15 is 0 Å². The van der Waals surface area contributed by atoms with Gasteiger partial charge in [-0.25, -0.2) is 0 Å². The van der Waals surface area contributed by atoms with Crippen LogP contribution in [0.15, 0.2) is 35.1 Å². The summed E-state index contributed by atoms with van der Waals surface area (Å²) >= 11 is 0. The number of aromatic nitrogens is 2. The lowest BCUT2D eigenvalue weighted by Gasteiger charge is -2.14. The molecule has 0 radical (unpaired) electrons. The van der Waals surface area contributed by atoms with Gasteiger partial charge in [0.15, 0.2) is 5.82 Å². The second kappa shape index (κ2) is 5.43. The largest absolute Gasteiger partial charge is 0.467 e. The molecule has 0 saturated carbocycles. The number of hydrogen-bond donors (Lipinski definition) is 1. The predicted molar refractivity (Wildman–Crippen MR) is 74.1 cm³/mol. The van der Waals surface area contributed by atoms with Crippen LogP contribution in [0.1, 0.15) is 12.2 Å². The number of likely N-dealkylation sites (tertiary alicyclic amines) is 1. The molecule has 2 amide bonds. The van der Waals surface area contributed by atoms with Gasteiger partial charge in [0.2, 0.25) is 11.8 Å². The molecule has 2 aromatic rings. The topological polar surface area (TPSA) is 80.4 Å². The van der Waals surface area contributed by atoms with Gasteiger partial charge in [-0.15, -0.1) is 0 Å². The Kier molecular flexibility index (Phi) is 3.47. The zero-order chi connectivity index (χ0) is 14.8. The van der Waals surface area contributed by atoms with Gasteiger partial charge in [0.1, 0.15) is 5.76 Å². The summed E-state index contributed by atoms with van der Waals surface area (Å²) < 4.78 is 6.84. The fraction of sp³-hybridized carbons (Fsp3) is 0.357. The van der Waals surface area contributed by atoms with E-state index in [-0.39, 0.29) is 24.2 Å². The van der Waals surface area contributed by atoms with Gasteiger partial charge >= 0.3 is 0 Å². The molecule has 0 bridgehead atoms. The highest BCUT2D eigenvalue weighted by Crippen LogP contribution is 2.21. The summed E-state index contributed by atoms with van der Waals surface area (Å²) in [6.07, 6.45) is 3.54. The zero-order valence-electron chi connectivity index (χ0n) is 11.7. The molecule has 21 heavy (non-hydrogen) atoms. The summed E-state index contributed by atoms with van der Waals surface area (Å²) in [7, 11) is 1.78. The molecule has 1 aliphatic heterocycles. The van der Waals surface area contributed by atoms with E-state index < -0.39 is 0 Å². The Labute approximate surface area is 121 Å². The summed E-state index contributed by atoms with van der Waals surface area (Å²) in [5.74, 6) is 0.652. The molecule has 1 atom stereocenters. The van der Waals surface area contributed by atoms with Crippen molar-refractivity contribution in [1.82, 2.24) is 14.7 Å². The van der Waals surface area contributed by atoms with Crippen molar-refractivity contribution in [1.29, 1.82) is 0 Å². The maximum Gasteiger partial charge on any atom is 0.230 e. The van der Waals surface area contributed by atoms with Gasteiger partial charge in [0.25, 0.3) is 0 Å². The molecule has 2 aromatic heterocycles. The number of carbonyl (C=O) groups is 2. The van der Waals surface area contributed by atoms with Crippen molar-refractivity contribution in [2.75, 3.05) is 11.9 Å². The number of aryl methyl sites for hydroxylation is 1. The van der Waals surface area contributed by atoms with E-state index in [1.807, 2.05) is 6.07 Å². The predicted octanol–water partition coefficient (Wildman–Crippen LogP) is 1.00. The van der Waals surface area contributed by atoms with Crippen LogP contribution in [0.25, 0.3) is 0 Å². The Bertz CT molecular complexity index is 647. The molecule has 1 fully saturated rings. The first-order chi connectivity index (χ1) is 10.1. The number of hydrogen-bond acceptors (Lipinski definition) is 4. The first kappa shape index (κ1) is 13.4. The van der Waals surface area contributed by atoms with Gasteiger partial charge in [0.05, 0.1) is 18.7 Å². The van der Waals surface area contributed by atoms with Crippen LogP contribution in [0.5, 0.6) is 0 Å². The van der Waals surface area contributed by atoms with Crippen LogP contribution in [-0.4, -0.2) is 33.0 Å². The average molecular weight is 288 g/mol. The number of furan rings is 1. The molecule has 0 spiro atoms. The van der Waals surface area contributed by atoms with E-state index in [0.717, 1.165) is 0 Å². The minimum absolute atomic E-state index is 0.0347. The monoisotopic (exact) mass is 288 g/mol. The molecule has 1 N–H and O–H groups in total. The lowest BCUT2D eigenvalue weighted by molar-refractivity contribution is -0.128. The number of nitrogens with one attached hydrogen (secondary N) is 1. The highest BCUT2D eigenvalue weighted by molar-refractivity contribution is 5.96. The van der Waals surface area contributed by atoms with Gasteiger partial charge in [-0.05, 0) is 12.1 Å². The lowest BCUT2D eigenvalue weighted by Crippen LogP contribution is -2.28. The first-order valence-corrected chi connectivity index (χ1v) is 6.72. The first-order valence-electron chi connectivity index (χ1n) is 6.72. The average Bonchev–Trinajstić information content (AvgIpc) is 3.15. The van der Waals surface area contributed by atoms with Crippen molar-refractivity contribution in [3.05, 3.63) is 36.4 Å². The van der Waals surface area contributed by atoms with Crippen molar-refractivity contribution in [3.8, 4) is 0 Å². The molecule has 0 aromatic carbocycles. The number of anilines is 1. The van der Waals surface area contributed by atoms with Crippen LogP contribution in [0.2, 0.25) is 0 Å². The molecule has 3 rings (SSSR count). The lowest BCUT2D eigenvalue weighted by atomic mass is 10.1. The fourth-order valence-corrected chi connectivity index (χ4v) is 2.40. The maximum atomic E-state index is 12.2. The smallest absolute Gasteiger partial charge is 0.230 e. The summed E-state index contributed by atoms with van der Waals surface area (Å²) in [4.78, 5) is 25.8. The number of rotatable bonds is 4. The molecule has 1 saturated heterocycles. The minimum atomic E-state index is -0.352.